The third-order valence-electron chi connectivity index (χ3n) is 0. The second-order valence-electron chi connectivity index (χ2n) is 0.448. The van der Waals surface area contributed by atoms with E-state index >= 15 is 0 Å². The van der Waals surface area contributed by atoms with Crippen molar-refractivity contribution in [2.24, 2.45) is 0 Å². The van der Waals surface area contributed by atoms with Crippen molar-refractivity contribution >= 4 is 17.0 Å². The van der Waals surface area contributed by atoms with Gasteiger partial charge in [-0.3, -0.25) is 0 Å². The van der Waals surface area contributed by atoms with Gasteiger partial charge in [-0.1, -0.05) is 0 Å². The monoisotopic (exact) mass is 330 g/mol. The van der Waals surface area contributed by atoms with Crippen LogP contribution in [0.15, 0.2) is 0 Å². The maximum absolute atomic E-state index is 8.87. The molecule has 6 heavy (non-hydrogen) atoms. The van der Waals surface area contributed by atoms with Gasteiger partial charge in [0.05, 0.1) is 0 Å². The molecule has 0 aromatic carbocycles. The fourth-order valence-electron chi connectivity index (χ4n) is 0. The van der Waals surface area contributed by atoms with E-state index in [-0.39, 0.29) is 17.0 Å². The van der Waals surface area contributed by atoms with E-state index in [0.29, 0.717) is 0 Å². The van der Waals surface area contributed by atoms with Crippen LogP contribution in [-0.4, -0.2) is 7.52 Å². The minimum absolute atomic E-state index is 0. The Morgan fingerprint density at radius 1 is 1.17 bits per heavy atom. The van der Waals surface area contributed by atoms with E-state index in [4.69, 9.17) is 14.3 Å². The molecule has 4 nitrogen and oxygen atoms in total. The Hall–Kier alpha value is 0.688. The van der Waals surface area contributed by atoms with Crippen molar-refractivity contribution in [3.8, 4) is 0 Å². The first-order valence-electron chi connectivity index (χ1n) is 0.698. The Morgan fingerprint density at radius 3 is 1.17 bits per heavy atom. The Kier molecular flexibility index (Phi) is 4.59. The minimum atomic E-state index is -5.67. The Balaban J connectivity index is 0. The molecule has 0 bridgehead atoms. The van der Waals surface area contributed by atoms with Crippen molar-refractivity contribution in [1.82, 2.24) is 0 Å². The predicted octanol–water partition coefficient (Wildman–Crippen LogP) is -0.776. The van der Waals surface area contributed by atoms with E-state index in [2.05, 4.69) is 0 Å². The molecule has 0 rings (SSSR count). The number of hydrogen-bond acceptors (Lipinski definition) is 2. The Morgan fingerprint density at radius 2 is 1.17 bits per heavy atom. The summed E-state index contributed by atoms with van der Waals surface area (Å²) in [7, 11) is 0. The summed E-state index contributed by atoms with van der Waals surface area (Å²) in [5.74, 6) is 0. The Labute approximate surface area is 48.3 Å². The second-order valence-corrected chi connectivity index (χ2v) is 3.67. The van der Waals surface area contributed by atoms with Crippen LogP contribution < -0.4 is 0 Å². The molecular weight excluding hydrogens is 328 g/mol. The van der Waals surface area contributed by atoms with Gasteiger partial charge in [0.15, 0.2) is 0 Å². The summed E-state index contributed by atoms with van der Waals surface area (Å²) < 4.78 is 32.1. The zero-order chi connectivity index (χ0) is 4.50. The standard InChI is InChI=1S/BrH.2H2O.2O.W/h1H;2*1H2;;;/q;;;;;+2/p-2. The number of halogens is 1. The molecule has 0 aliphatic heterocycles. The van der Waals surface area contributed by atoms with Crippen LogP contribution in [0.5, 0.6) is 0 Å². The zero-order valence-corrected chi connectivity index (χ0v) is 7.17. The van der Waals surface area contributed by atoms with Gasteiger partial charge in [0.2, 0.25) is 0 Å². The molecule has 0 aromatic rings. The van der Waals surface area contributed by atoms with Gasteiger partial charge in [0, 0.05) is 0 Å². The summed E-state index contributed by atoms with van der Waals surface area (Å²) in [6.07, 6.45) is 0. The van der Waals surface area contributed by atoms with Crippen LogP contribution in [0.4, 0.5) is 0 Å². The molecule has 0 fully saturated rings. The van der Waals surface area contributed by atoms with Gasteiger partial charge < -0.3 is 0 Å². The van der Waals surface area contributed by atoms with Crippen LogP contribution in [0.2, 0.25) is 0 Å². The molecule has 6 heteroatoms. The van der Waals surface area contributed by atoms with Crippen LogP contribution in [0.1, 0.15) is 0 Å². The van der Waals surface area contributed by atoms with Gasteiger partial charge in [0.1, 0.15) is 0 Å². The zero-order valence-electron chi connectivity index (χ0n) is 2.53. The molecule has 0 amide bonds. The van der Waals surface area contributed by atoms with E-state index in [1.807, 2.05) is 0 Å². The van der Waals surface area contributed by atoms with Gasteiger partial charge in [0.25, 0.3) is 0 Å². The quantitative estimate of drug-likeness (QED) is 0.611. The second kappa shape index (κ2) is 2.80. The summed E-state index contributed by atoms with van der Waals surface area (Å²) in [4.78, 5) is 0. The van der Waals surface area contributed by atoms with Crippen LogP contribution in [0.3, 0.4) is 0 Å². The van der Waals surface area contributed by atoms with Gasteiger partial charge in [-0.15, -0.1) is 17.0 Å². The molecule has 0 unspecified atom stereocenters. The van der Waals surface area contributed by atoms with Crippen LogP contribution in [0.25, 0.3) is 0 Å². The predicted molar refractivity (Wildman–Crippen MR) is 16.1 cm³/mol. The maximum atomic E-state index is 8.87. The first kappa shape index (κ1) is 9.85. The van der Waals surface area contributed by atoms with Crippen molar-refractivity contribution in [1.29, 1.82) is 0 Å². The fourth-order valence-corrected chi connectivity index (χ4v) is 0. The summed E-state index contributed by atoms with van der Waals surface area (Å²) in [5, 5.41) is 0. The first-order chi connectivity index (χ1) is 2.00. The molecule has 0 atom stereocenters. The van der Waals surface area contributed by atoms with Gasteiger partial charge in [-0.05, 0) is 0 Å². The van der Waals surface area contributed by atoms with Gasteiger partial charge in [-0.2, -0.15) is 0 Å². The van der Waals surface area contributed by atoms with Gasteiger partial charge >= 0.3 is 31.1 Å². The molecule has 0 saturated carbocycles. The fraction of sp³-hybridized carbons (Fsp3) is 0. The Bertz CT molecular complexity index is 90.7. The van der Waals surface area contributed by atoms with Crippen molar-refractivity contribution in [3.05, 3.63) is 0 Å². The van der Waals surface area contributed by atoms with E-state index in [1.165, 1.54) is 0 Å². The van der Waals surface area contributed by atoms with Crippen molar-refractivity contribution in [2.75, 3.05) is 0 Å². The number of hydrogen-bond donors (Lipinski definition) is 2. The third-order valence-corrected chi connectivity index (χ3v) is 0. The summed E-state index contributed by atoms with van der Waals surface area (Å²) in [6, 6.07) is 0. The normalized spacial score (nSPS) is 9.67. The molecule has 0 saturated heterocycles. The molecule has 2 N–H and O–H groups in total. The van der Waals surface area contributed by atoms with Crippen LogP contribution in [-0.2, 0) is 23.5 Å². The molecule has 0 spiro atoms. The van der Waals surface area contributed by atoms with Crippen molar-refractivity contribution in [2.45, 2.75) is 0 Å². The number of rotatable bonds is 0. The molecule has 0 aromatic heterocycles. The summed E-state index contributed by atoms with van der Waals surface area (Å²) in [6.45, 7) is 0. The van der Waals surface area contributed by atoms with Gasteiger partial charge in [-0.25, -0.2) is 0 Å². The topological polar surface area (TPSA) is 74.6 Å². The molecule has 0 heterocycles. The first-order valence-corrected chi connectivity index (χ1v) is 5.72. The molecule has 0 aliphatic carbocycles. The third kappa shape index (κ3) is 135. The van der Waals surface area contributed by atoms with E-state index in [9.17, 15) is 0 Å². The molecule has 40 valence electrons. The van der Waals surface area contributed by atoms with Crippen LogP contribution in [0, 0.1) is 0 Å². The van der Waals surface area contributed by atoms with E-state index < -0.39 is 16.7 Å². The summed E-state index contributed by atoms with van der Waals surface area (Å²) >= 11 is -5.67. The van der Waals surface area contributed by atoms with Crippen molar-refractivity contribution < 1.29 is 31.1 Å². The average Bonchev–Trinajstić information content (AvgIpc) is 0.722. The average molecular weight is 331 g/mol. The van der Waals surface area contributed by atoms with E-state index in [1.54, 1.807) is 0 Å². The SMILES string of the molecule is Br.[O]=[W](=[O])([OH])[OH]. The summed E-state index contributed by atoms with van der Waals surface area (Å²) in [5.41, 5.74) is 0. The molecular formula is H3BrO4W. The van der Waals surface area contributed by atoms with Crippen molar-refractivity contribution in [3.63, 3.8) is 0 Å². The molecule has 0 radical (unpaired) electrons. The van der Waals surface area contributed by atoms with Crippen LogP contribution >= 0.6 is 17.0 Å². The van der Waals surface area contributed by atoms with E-state index in [0.717, 1.165) is 0 Å². The molecule has 0 aliphatic rings.